The molecule has 2 nitrogen and oxygen atoms in total. The molecule has 2 heteroatoms. The van der Waals surface area contributed by atoms with Crippen molar-refractivity contribution >= 4 is 5.91 Å². The zero-order valence-corrected chi connectivity index (χ0v) is 12.8. The minimum absolute atomic E-state index is 0.250. The normalized spacial score (nSPS) is 18.8. The Labute approximate surface area is 123 Å². The van der Waals surface area contributed by atoms with Gasteiger partial charge in [0, 0.05) is 24.9 Å². The lowest BCUT2D eigenvalue weighted by molar-refractivity contribution is -0.135. The van der Waals surface area contributed by atoms with Crippen molar-refractivity contribution in [1.29, 1.82) is 0 Å². The molecule has 0 spiro atoms. The van der Waals surface area contributed by atoms with E-state index >= 15 is 0 Å². The third-order valence-electron chi connectivity index (χ3n) is 4.39. The van der Waals surface area contributed by atoms with Crippen LogP contribution in [-0.4, -0.2) is 23.9 Å². The topological polar surface area (TPSA) is 20.3 Å². The second-order valence-electron chi connectivity index (χ2n) is 5.95. The Morgan fingerprint density at radius 3 is 2.45 bits per heavy atom. The molecule has 1 aromatic carbocycles. The summed E-state index contributed by atoms with van der Waals surface area (Å²) in [4.78, 5) is 14.7. The highest BCUT2D eigenvalue weighted by Crippen LogP contribution is 2.29. The first kappa shape index (κ1) is 15.1. The van der Waals surface area contributed by atoms with Crippen molar-refractivity contribution in [3.8, 4) is 0 Å². The predicted octanol–water partition coefficient (Wildman–Crippen LogP) is 4.22. The Balaban J connectivity index is 1.96. The number of carbonyl (C=O) groups excluding carboxylic acids is 1. The predicted molar refractivity (Wildman–Crippen MR) is 83.7 cm³/mol. The Hall–Kier alpha value is -1.31. The van der Waals surface area contributed by atoms with Crippen LogP contribution in [0.25, 0.3) is 0 Å². The van der Waals surface area contributed by atoms with Crippen LogP contribution in [0.5, 0.6) is 0 Å². The van der Waals surface area contributed by atoms with E-state index in [9.17, 15) is 4.79 Å². The quantitative estimate of drug-likeness (QED) is 0.760. The summed E-state index contributed by atoms with van der Waals surface area (Å²) >= 11 is 0. The van der Waals surface area contributed by atoms with Crippen molar-refractivity contribution in [2.45, 2.75) is 51.9 Å². The molecule has 1 aliphatic rings. The molecule has 0 aromatic heterocycles. The lowest BCUT2D eigenvalue weighted by atomic mass is 9.96. The van der Waals surface area contributed by atoms with Crippen molar-refractivity contribution in [3.05, 3.63) is 35.9 Å². The van der Waals surface area contributed by atoms with E-state index in [1.807, 2.05) is 0 Å². The van der Waals surface area contributed by atoms with E-state index in [0.29, 0.717) is 11.8 Å². The molecule has 2 rings (SSSR count). The van der Waals surface area contributed by atoms with E-state index in [2.05, 4.69) is 49.1 Å². The van der Waals surface area contributed by atoms with Crippen molar-refractivity contribution in [2.24, 2.45) is 5.92 Å². The Morgan fingerprint density at radius 1 is 1.20 bits per heavy atom. The zero-order valence-electron chi connectivity index (χ0n) is 12.8. The lowest BCUT2D eigenvalue weighted by Gasteiger charge is -2.23. The van der Waals surface area contributed by atoms with Gasteiger partial charge in [0.1, 0.15) is 0 Å². The maximum atomic E-state index is 12.6. The molecule has 0 bridgehead atoms. The number of benzene rings is 1. The van der Waals surface area contributed by atoms with E-state index < -0.39 is 0 Å². The second-order valence-corrected chi connectivity index (χ2v) is 5.95. The number of nitrogens with zero attached hydrogens (tertiary/aromatic N) is 1. The molecule has 0 saturated carbocycles. The maximum Gasteiger partial charge on any atom is 0.225 e. The zero-order chi connectivity index (χ0) is 14.4. The molecule has 0 aliphatic carbocycles. The van der Waals surface area contributed by atoms with Crippen LogP contribution in [0.15, 0.2) is 30.3 Å². The molecule has 1 fully saturated rings. The van der Waals surface area contributed by atoms with E-state index in [-0.39, 0.29) is 5.92 Å². The van der Waals surface area contributed by atoms with Gasteiger partial charge in [-0.15, -0.1) is 0 Å². The second kappa shape index (κ2) is 7.47. The molecule has 110 valence electrons. The first-order valence-electron chi connectivity index (χ1n) is 8.10. The third-order valence-corrected chi connectivity index (χ3v) is 4.39. The molecular weight excluding hydrogens is 246 g/mol. The molecule has 1 saturated heterocycles. The summed E-state index contributed by atoms with van der Waals surface area (Å²) in [6, 6.07) is 10.6. The van der Waals surface area contributed by atoms with Crippen LogP contribution in [0.3, 0.4) is 0 Å². The van der Waals surface area contributed by atoms with Crippen molar-refractivity contribution < 1.29 is 4.79 Å². The Kier molecular flexibility index (Phi) is 5.63. The smallest absolute Gasteiger partial charge is 0.225 e. The lowest BCUT2D eigenvalue weighted by Crippen LogP contribution is -2.34. The summed E-state index contributed by atoms with van der Waals surface area (Å²) in [6.07, 6.45) is 5.40. The van der Waals surface area contributed by atoms with Crippen molar-refractivity contribution in [3.63, 3.8) is 0 Å². The van der Waals surface area contributed by atoms with Crippen molar-refractivity contribution in [2.75, 3.05) is 13.1 Å². The first-order valence-corrected chi connectivity index (χ1v) is 8.10. The largest absolute Gasteiger partial charge is 0.342 e. The minimum atomic E-state index is 0.250. The fourth-order valence-electron chi connectivity index (χ4n) is 3.30. The summed E-state index contributed by atoms with van der Waals surface area (Å²) in [7, 11) is 0. The van der Waals surface area contributed by atoms with Gasteiger partial charge in [-0.25, -0.2) is 0 Å². The third kappa shape index (κ3) is 3.62. The van der Waals surface area contributed by atoms with Gasteiger partial charge in [-0.1, -0.05) is 57.0 Å². The summed E-state index contributed by atoms with van der Waals surface area (Å²) in [5.41, 5.74) is 1.38. The fraction of sp³-hybridized carbons (Fsp3) is 0.611. The number of hydrogen-bond acceptors (Lipinski definition) is 1. The van der Waals surface area contributed by atoms with Crippen LogP contribution in [0.4, 0.5) is 0 Å². The molecule has 1 heterocycles. The highest BCUT2D eigenvalue weighted by atomic mass is 16.2. The maximum absolute atomic E-state index is 12.6. The van der Waals surface area contributed by atoms with E-state index in [0.717, 1.165) is 45.2 Å². The molecule has 1 atom stereocenters. The molecule has 1 amide bonds. The number of likely N-dealkylation sites (tertiary alicyclic amines) is 1. The standard InChI is InChI=1S/C18H27NO/c1-3-8-16(9-4-2)18(20)19-13-12-17(14-19)15-10-6-5-7-11-15/h5-7,10-11,16-17H,3-4,8-9,12-14H2,1-2H3. The van der Waals surface area contributed by atoms with Crippen LogP contribution in [0.2, 0.25) is 0 Å². The van der Waals surface area contributed by atoms with Crippen LogP contribution < -0.4 is 0 Å². The van der Waals surface area contributed by atoms with Crippen molar-refractivity contribution in [1.82, 2.24) is 4.90 Å². The van der Waals surface area contributed by atoms with Gasteiger partial charge in [0.25, 0.3) is 0 Å². The van der Waals surface area contributed by atoms with Gasteiger partial charge < -0.3 is 4.90 Å². The SMILES string of the molecule is CCCC(CCC)C(=O)N1CCC(c2ccccc2)C1. The van der Waals surface area contributed by atoms with Gasteiger partial charge in [-0.05, 0) is 24.8 Å². The average molecular weight is 273 g/mol. The summed E-state index contributed by atoms with van der Waals surface area (Å²) < 4.78 is 0. The van der Waals surface area contributed by atoms with E-state index in [1.165, 1.54) is 5.56 Å². The van der Waals surface area contributed by atoms with Gasteiger partial charge in [0.2, 0.25) is 5.91 Å². The van der Waals surface area contributed by atoms with E-state index in [4.69, 9.17) is 0 Å². The molecule has 1 unspecified atom stereocenters. The molecule has 0 N–H and O–H groups in total. The first-order chi connectivity index (χ1) is 9.76. The molecule has 1 aromatic rings. The van der Waals surface area contributed by atoms with Crippen LogP contribution in [0.1, 0.15) is 57.4 Å². The molecular formula is C18H27NO. The van der Waals surface area contributed by atoms with Gasteiger partial charge >= 0.3 is 0 Å². The van der Waals surface area contributed by atoms with Crippen LogP contribution >= 0.6 is 0 Å². The summed E-state index contributed by atoms with van der Waals surface area (Å²) in [6.45, 7) is 6.19. The van der Waals surface area contributed by atoms with E-state index in [1.54, 1.807) is 0 Å². The van der Waals surface area contributed by atoms with Gasteiger partial charge in [-0.2, -0.15) is 0 Å². The molecule has 0 radical (unpaired) electrons. The van der Waals surface area contributed by atoms with Crippen LogP contribution in [0, 0.1) is 5.92 Å². The Bertz CT molecular complexity index is 409. The average Bonchev–Trinajstić information content (AvgIpc) is 2.97. The van der Waals surface area contributed by atoms with Gasteiger partial charge in [0.05, 0.1) is 0 Å². The highest BCUT2D eigenvalue weighted by Gasteiger charge is 2.30. The summed E-state index contributed by atoms with van der Waals surface area (Å²) in [5.74, 6) is 1.18. The number of carbonyl (C=O) groups is 1. The van der Waals surface area contributed by atoms with Gasteiger partial charge in [0.15, 0.2) is 0 Å². The fourth-order valence-corrected chi connectivity index (χ4v) is 3.30. The monoisotopic (exact) mass is 273 g/mol. The molecule has 20 heavy (non-hydrogen) atoms. The van der Waals surface area contributed by atoms with Gasteiger partial charge in [-0.3, -0.25) is 4.79 Å². The summed E-state index contributed by atoms with van der Waals surface area (Å²) in [5, 5.41) is 0. The Morgan fingerprint density at radius 2 is 1.85 bits per heavy atom. The molecule has 1 aliphatic heterocycles. The number of amides is 1. The number of hydrogen-bond donors (Lipinski definition) is 0. The highest BCUT2D eigenvalue weighted by molar-refractivity contribution is 5.79. The minimum Gasteiger partial charge on any atom is -0.342 e. The van der Waals surface area contributed by atoms with Crippen LogP contribution in [-0.2, 0) is 4.79 Å². The number of rotatable bonds is 6.